The molecule has 1 heterocycles. The summed E-state index contributed by atoms with van der Waals surface area (Å²) in [6, 6.07) is 5.86. The lowest BCUT2D eigenvalue weighted by Gasteiger charge is -2.11. The Morgan fingerprint density at radius 2 is 2.20 bits per heavy atom. The van der Waals surface area contributed by atoms with E-state index in [1.165, 1.54) is 11.3 Å². The third-order valence-electron chi connectivity index (χ3n) is 2.74. The smallest absolute Gasteiger partial charge is 0.169 e. The molecule has 0 spiro atoms. The van der Waals surface area contributed by atoms with Crippen LogP contribution in [0.2, 0.25) is 0 Å². The van der Waals surface area contributed by atoms with E-state index in [1.807, 2.05) is 18.2 Å². The van der Waals surface area contributed by atoms with Crippen LogP contribution in [0.25, 0.3) is 0 Å². The van der Waals surface area contributed by atoms with Crippen molar-refractivity contribution in [1.29, 1.82) is 0 Å². The quantitative estimate of drug-likeness (QED) is 0.734. The fourth-order valence-electron chi connectivity index (χ4n) is 1.79. The van der Waals surface area contributed by atoms with E-state index in [0.717, 1.165) is 34.8 Å². The second-order valence-corrected chi connectivity index (χ2v) is 5.24. The number of hydrogen-bond acceptors (Lipinski definition) is 5. The van der Waals surface area contributed by atoms with Crippen molar-refractivity contribution < 1.29 is 14.3 Å². The van der Waals surface area contributed by atoms with Crippen molar-refractivity contribution >= 4 is 17.6 Å². The van der Waals surface area contributed by atoms with Gasteiger partial charge >= 0.3 is 0 Å². The first-order chi connectivity index (χ1) is 9.76. The van der Waals surface area contributed by atoms with Crippen molar-refractivity contribution in [2.75, 3.05) is 13.7 Å². The minimum Gasteiger partial charge on any atom is -0.493 e. The van der Waals surface area contributed by atoms with Gasteiger partial charge in [-0.25, -0.2) is 4.98 Å². The molecule has 2 rings (SSSR count). The summed E-state index contributed by atoms with van der Waals surface area (Å²) >= 11 is 1.49. The molecule has 0 radical (unpaired) electrons. The van der Waals surface area contributed by atoms with Gasteiger partial charge in [-0.05, 0) is 24.1 Å². The fraction of sp³-hybridized carbons (Fsp3) is 0.333. The van der Waals surface area contributed by atoms with Crippen LogP contribution < -0.4 is 9.47 Å². The largest absolute Gasteiger partial charge is 0.493 e. The highest BCUT2D eigenvalue weighted by atomic mass is 32.1. The molecule has 106 valence electrons. The number of carbonyl (C=O) groups is 1. The first-order valence-electron chi connectivity index (χ1n) is 6.46. The van der Waals surface area contributed by atoms with Crippen LogP contribution in [0.4, 0.5) is 0 Å². The zero-order valence-electron chi connectivity index (χ0n) is 11.6. The Morgan fingerprint density at radius 1 is 1.35 bits per heavy atom. The lowest BCUT2D eigenvalue weighted by atomic mass is 10.1. The Morgan fingerprint density at radius 3 is 2.85 bits per heavy atom. The van der Waals surface area contributed by atoms with Crippen LogP contribution in [0.5, 0.6) is 11.5 Å². The highest BCUT2D eigenvalue weighted by molar-refractivity contribution is 7.09. The van der Waals surface area contributed by atoms with Gasteiger partial charge < -0.3 is 9.47 Å². The maximum atomic E-state index is 10.6. The van der Waals surface area contributed by atoms with E-state index in [9.17, 15) is 4.79 Å². The number of rotatable bonds is 7. The summed E-state index contributed by atoms with van der Waals surface area (Å²) in [5.74, 6) is 1.48. The summed E-state index contributed by atoms with van der Waals surface area (Å²) in [6.45, 7) is 2.73. The van der Waals surface area contributed by atoms with Crippen LogP contribution in [0, 0.1) is 0 Å². The highest BCUT2D eigenvalue weighted by Gasteiger charge is 2.08. The summed E-state index contributed by atoms with van der Waals surface area (Å²) in [4.78, 5) is 14.9. The van der Waals surface area contributed by atoms with E-state index < -0.39 is 0 Å². The molecule has 0 aliphatic rings. The topological polar surface area (TPSA) is 48.4 Å². The predicted molar refractivity (Wildman–Crippen MR) is 79.1 cm³/mol. The second kappa shape index (κ2) is 7.05. The van der Waals surface area contributed by atoms with Gasteiger partial charge in [-0.2, -0.15) is 0 Å². The van der Waals surface area contributed by atoms with Crippen LogP contribution in [0.15, 0.2) is 23.6 Å². The van der Waals surface area contributed by atoms with Crippen molar-refractivity contribution in [3.63, 3.8) is 0 Å². The Bertz CT molecular complexity index is 580. The molecule has 1 aromatic heterocycles. The zero-order chi connectivity index (χ0) is 14.4. The third-order valence-corrected chi connectivity index (χ3v) is 3.60. The van der Waals surface area contributed by atoms with Crippen molar-refractivity contribution in [2.45, 2.75) is 19.8 Å². The summed E-state index contributed by atoms with van der Waals surface area (Å²) < 4.78 is 11.0. The molecule has 0 atom stereocenters. The molecular weight excluding hydrogens is 274 g/mol. The molecule has 0 bridgehead atoms. The average molecular weight is 291 g/mol. The van der Waals surface area contributed by atoms with Crippen LogP contribution in [0.1, 0.15) is 34.4 Å². The number of methoxy groups -OCH3 is 1. The number of hydrogen-bond donors (Lipinski definition) is 0. The molecule has 0 N–H and O–H groups in total. The predicted octanol–water partition coefficient (Wildman–Crippen LogP) is 3.34. The number of ether oxygens (including phenoxy) is 2. The highest BCUT2D eigenvalue weighted by Crippen LogP contribution is 2.29. The van der Waals surface area contributed by atoms with Gasteiger partial charge in [0.25, 0.3) is 0 Å². The Hall–Kier alpha value is -1.88. The Balaban J connectivity index is 2.14. The number of aromatic nitrogens is 1. The van der Waals surface area contributed by atoms with Crippen LogP contribution >= 0.6 is 11.3 Å². The zero-order valence-corrected chi connectivity index (χ0v) is 12.4. The van der Waals surface area contributed by atoms with Gasteiger partial charge in [0, 0.05) is 11.8 Å². The minimum atomic E-state index is 0.486. The van der Waals surface area contributed by atoms with Crippen molar-refractivity contribution in [2.24, 2.45) is 0 Å². The molecule has 0 fully saturated rings. The van der Waals surface area contributed by atoms with Crippen molar-refractivity contribution in [3.8, 4) is 11.5 Å². The monoisotopic (exact) mass is 291 g/mol. The second-order valence-electron chi connectivity index (χ2n) is 4.29. The van der Waals surface area contributed by atoms with Crippen molar-refractivity contribution in [1.82, 2.24) is 4.98 Å². The molecule has 0 unspecified atom stereocenters. The summed E-state index contributed by atoms with van der Waals surface area (Å²) in [6.07, 6.45) is 2.41. The molecule has 1 aromatic carbocycles. The van der Waals surface area contributed by atoms with E-state index in [4.69, 9.17) is 9.47 Å². The van der Waals surface area contributed by atoms with Gasteiger partial charge in [0.2, 0.25) is 0 Å². The Labute approximate surface area is 122 Å². The normalized spacial score (nSPS) is 10.3. The number of carbonyl (C=O) groups excluding carboxylic acids is 1. The maximum absolute atomic E-state index is 10.6. The Kier molecular flexibility index (Phi) is 5.12. The number of thiazole rings is 1. The maximum Gasteiger partial charge on any atom is 0.169 e. The molecule has 2 aromatic rings. The number of benzene rings is 1. The van der Waals surface area contributed by atoms with Crippen LogP contribution in [-0.2, 0) is 6.42 Å². The third kappa shape index (κ3) is 3.57. The standard InChI is InChI=1S/C15H17NO3S/c1-3-6-19-13-5-4-11(7-14(13)18-2)8-15-16-12(9-17)10-20-15/h4-5,7,9-10H,3,6,8H2,1-2H3. The molecule has 5 heteroatoms. The molecule has 4 nitrogen and oxygen atoms in total. The molecule has 0 aliphatic heterocycles. The van der Waals surface area contributed by atoms with Gasteiger partial charge in [0.1, 0.15) is 5.69 Å². The van der Waals surface area contributed by atoms with Gasteiger partial charge in [-0.1, -0.05) is 13.0 Å². The first kappa shape index (κ1) is 14.5. The van der Waals surface area contributed by atoms with E-state index in [2.05, 4.69) is 11.9 Å². The molecule has 0 amide bonds. The van der Waals surface area contributed by atoms with Crippen LogP contribution in [0.3, 0.4) is 0 Å². The fourth-order valence-corrected chi connectivity index (χ4v) is 2.56. The van der Waals surface area contributed by atoms with Crippen LogP contribution in [-0.4, -0.2) is 25.0 Å². The lowest BCUT2D eigenvalue weighted by Crippen LogP contribution is -1.99. The molecule has 20 heavy (non-hydrogen) atoms. The molecule has 0 saturated carbocycles. The molecule has 0 aliphatic carbocycles. The molecular formula is C15H17NO3S. The van der Waals surface area contributed by atoms with Gasteiger partial charge in [-0.3, -0.25) is 4.79 Å². The molecule has 0 saturated heterocycles. The minimum absolute atomic E-state index is 0.486. The van der Waals surface area contributed by atoms with E-state index in [0.29, 0.717) is 18.7 Å². The van der Waals surface area contributed by atoms with Gasteiger partial charge in [0.05, 0.1) is 18.7 Å². The summed E-state index contributed by atoms with van der Waals surface area (Å²) in [5.41, 5.74) is 1.57. The number of nitrogens with zero attached hydrogens (tertiary/aromatic N) is 1. The van der Waals surface area contributed by atoms with Gasteiger partial charge in [-0.15, -0.1) is 11.3 Å². The van der Waals surface area contributed by atoms with Gasteiger partial charge in [0.15, 0.2) is 17.8 Å². The summed E-state index contributed by atoms with van der Waals surface area (Å²) in [5, 5.41) is 2.68. The van der Waals surface area contributed by atoms with Crippen molar-refractivity contribution in [3.05, 3.63) is 39.8 Å². The summed E-state index contributed by atoms with van der Waals surface area (Å²) in [7, 11) is 1.63. The lowest BCUT2D eigenvalue weighted by molar-refractivity contribution is 0.111. The van der Waals surface area contributed by atoms with E-state index in [-0.39, 0.29) is 0 Å². The first-order valence-corrected chi connectivity index (χ1v) is 7.34. The van der Waals surface area contributed by atoms with E-state index in [1.54, 1.807) is 12.5 Å². The van der Waals surface area contributed by atoms with E-state index >= 15 is 0 Å². The average Bonchev–Trinajstić information content (AvgIpc) is 2.93. The SMILES string of the molecule is CCCOc1ccc(Cc2nc(C=O)cs2)cc1OC. The number of aldehydes is 1.